The highest BCUT2D eigenvalue weighted by Crippen LogP contribution is 2.48. The molecule has 2 heterocycles. The van der Waals surface area contributed by atoms with Crippen LogP contribution >= 0.6 is 0 Å². The number of fused-ring (bicyclic) bond motifs is 1. The molecule has 2 aliphatic rings. The monoisotopic (exact) mass is 413 g/mol. The summed E-state index contributed by atoms with van der Waals surface area (Å²) in [5.74, 6) is -2.37. The number of hydrogen-bond donors (Lipinski definition) is 0. The van der Waals surface area contributed by atoms with Crippen molar-refractivity contribution in [1.82, 2.24) is 0 Å². The summed E-state index contributed by atoms with van der Waals surface area (Å²) >= 11 is 0. The number of amides is 2. The van der Waals surface area contributed by atoms with Gasteiger partial charge < -0.3 is 0 Å². The lowest BCUT2D eigenvalue weighted by Gasteiger charge is -2.29. The Hall–Kier alpha value is -4.02. The summed E-state index contributed by atoms with van der Waals surface area (Å²) in [7, 11) is 0. The minimum absolute atomic E-state index is 0.279. The molecule has 2 amide bonds. The second-order valence-electron chi connectivity index (χ2n) is 7.35. The van der Waals surface area contributed by atoms with E-state index in [2.05, 4.69) is 0 Å². The van der Waals surface area contributed by atoms with Crippen LogP contribution in [0.4, 0.5) is 15.8 Å². The second kappa shape index (κ2) is 7.35. The molecule has 152 valence electrons. The van der Waals surface area contributed by atoms with Crippen molar-refractivity contribution in [1.29, 1.82) is 5.26 Å². The molecule has 0 unspecified atom stereocenters. The molecule has 6 nitrogen and oxygen atoms in total. The van der Waals surface area contributed by atoms with Crippen molar-refractivity contribution in [2.45, 2.75) is 12.1 Å². The number of hydrogen-bond acceptors (Lipinski definition) is 5. The summed E-state index contributed by atoms with van der Waals surface area (Å²) in [6, 6.07) is 22.5. The van der Waals surface area contributed by atoms with Crippen LogP contribution in [0.15, 0.2) is 78.9 Å². The lowest BCUT2D eigenvalue weighted by atomic mass is 9.90. The van der Waals surface area contributed by atoms with Gasteiger partial charge in [-0.15, -0.1) is 0 Å². The zero-order chi connectivity index (χ0) is 21.5. The quantitative estimate of drug-likeness (QED) is 0.612. The third-order valence-corrected chi connectivity index (χ3v) is 5.60. The van der Waals surface area contributed by atoms with Crippen molar-refractivity contribution in [3.63, 3.8) is 0 Å². The molecule has 7 heteroatoms. The van der Waals surface area contributed by atoms with Crippen LogP contribution in [0, 0.1) is 23.1 Å². The maximum atomic E-state index is 14.8. The van der Waals surface area contributed by atoms with Gasteiger partial charge in [0.1, 0.15) is 11.7 Å². The number of imide groups is 1. The van der Waals surface area contributed by atoms with Gasteiger partial charge in [-0.05, 0) is 42.5 Å². The molecule has 2 saturated heterocycles. The first-order valence-corrected chi connectivity index (χ1v) is 9.73. The molecular weight excluding hydrogens is 397 g/mol. The zero-order valence-corrected chi connectivity index (χ0v) is 16.2. The highest BCUT2D eigenvalue weighted by atomic mass is 19.1. The van der Waals surface area contributed by atoms with E-state index in [0.717, 1.165) is 4.90 Å². The van der Waals surface area contributed by atoms with E-state index in [0.29, 0.717) is 16.9 Å². The highest BCUT2D eigenvalue weighted by Gasteiger charge is 2.60. The Morgan fingerprint density at radius 3 is 2.19 bits per heavy atom. The van der Waals surface area contributed by atoms with E-state index in [1.54, 1.807) is 54.6 Å². The van der Waals surface area contributed by atoms with Gasteiger partial charge in [0.15, 0.2) is 6.10 Å². The number of nitrogens with zero attached hydrogens (tertiary/aromatic N) is 3. The maximum Gasteiger partial charge on any atom is 0.266 e. The van der Waals surface area contributed by atoms with Crippen LogP contribution in [0.1, 0.15) is 17.2 Å². The van der Waals surface area contributed by atoms with Gasteiger partial charge in [0.05, 0.1) is 29.0 Å². The van der Waals surface area contributed by atoms with Crippen molar-refractivity contribution < 1.29 is 18.8 Å². The molecule has 0 radical (unpaired) electrons. The fourth-order valence-electron chi connectivity index (χ4n) is 4.18. The molecule has 0 saturated carbocycles. The molecule has 3 aromatic rings. The Morgan fingerprint density at radius 1 is 0.839 bits per heavy atom. The van der Waals surface area contributed by atoms with E-state index in [1.807, 2.05) is 12.1 Å². The Balaban J connectivity index is 1.59. The molecule has 3 aromatic carbocycles. The molecule has 5 rings (SSSR count). The minimum Gasteiger partial charge on any atom is -0.273 e. The van der Waals surface area contributed by atoms with E-state index >= 15 is 0 Å². The Bertz CT molecular complexity index is 1210. The summed E-state index contributed by atoms with van der Waals surface area (Å²) in [5, 5.41) is 10.5. The van der Waals surface area contributed by atoms with Crippen LogP contribution in [0.25, 0.3) is 0 Å². The summed E-state index contributed by atoms with van der Waals surface area (Å²) < 4.78 is 14.8. The average Bonchev–Trinajstić information content (AvgIpc) is 3.31. The van der Waals surface area contributed by atoms with E-state index < -0.39 is 35.7 Å². The predicted molar refractivity (Wildman–Crippen MR) is 110 cm³/mol. The highest BCUT2D eigenvalue weighted by molar-refractivity contribution is 6.23. The number of carbonyl (C=O) groups is 2. The number of hydroxylamine groups is 1. The summed E-state index contributed by atoms with van der Waals surface area (Å²) in [6.07, 6.45) is -1.08. The van der Waals surface area contributed by atoms with Crippen LogP contribution < -0.4 is 9.96 Å². The van der Waals surface area contributed by atoms with Crippen molar-refractivity contribution in [3.8, 4) is 6.07 Å². The average molecular weight is 413 g/mol. The van der Waals surface area contributed by atoms with Gasteiger partial charge in [-0.2, -0.15) is 5.26 Å². The van der Waals surface area contributed by atoms with Crippen LogP contribution in [0.3, 0.4) is 0 Å². The standard InChI is InChI=1S/C24H16FN3O3/c25-19-9-5-4-8-18(19)21-20-22(31-28(21)17-6-2-1-3-7-17)24(30)27(23(20)29)16-12-10-15(14-26)11-13-16/h1-13,20-22H/t20-,21+,22+/m1/s1. The van der Waals surface area contributed by atoms with E-state index in [9.17, 15) is 14.0 Å². The van der Waals surface area contributed by atoms with Gasteiger partial charge in [0.25, 0.3) is 5.91 Å². The SMILES string of the molecule is N#Cc1ccc(N2C(=O)[C@H]3[C@H](ON(c4ccccc4)[C@H]3c3ccccc3F)C2=O)cc1. The van der Waals surface area contributed by atoms with Gasteiger partial charge in [-0.25, -0.2) is 14.4 Å². The molecule has 2 aliphatic heterocycles. The van der Waals surface area contributed by atoms with Crippen molar-refractivity contribution in [2.24, 2.45) is 5.92 Å². The molecule has 0 spiro atoms. The Kier molecular flexibility index (Phi) is 4.50. The summed E-state index contributed by atoms with van der Waals surface area (Å²) in [6.45, 7) is 0. The predicted octanol–water partition coefficient (Wildman–Crippen LogP) is 3.75. The van der Waals surface area contributed by atoms with E-state index in [1.165, 1.54) is 23.3 Å². The summed E-state index contributed by atoms with van der Waals surface area (Å²) in [5.41, 5.74) is 1.67. The first kappa shape index (κ1) is 19.0. The number of benzene rings is 3. The first-order valence-electron chi connectivity index (χ1n) is 9.73. The van der Waals surface area contributed by atoms with Gasteiger partial charge in [0.2, 0.25) is 5.91 Å². The molecule has 3 atom stereocenters. The number of anilines is 2. The number of nitriles is 1. The van der Waals surface area contributed by atoms with Crippen LogP contribution in [0.2, 0.25) is 0 Å². The Labute approximate surface area is 177 Å². The molecule has 2 fully saturated rings. The fraction of sp³-hybridized carbons (Fsp3) is 0.125. The molecule has 0 aliphatic carbocycles. The number of para-hydroxylation sites is 1. The third kappa shape index (κ3) is 2.97. The number of carbonyl (C=O) groups excluding carboxylic acids is 2. The van der Waals surface area contributed by atoms with Gasteiger partial charge in [-0.3, -0.25) is 14.4 Å². The third-order valence-electron chi connectivity index (χ3n) is 5.60. The van der Waals surface area contributed by atoms with E-state index in [-0.39, 0.29) is 5.56 Å². The van der Waals surface area contributed by atoms with Crippen LogP contribution in [-0.2, 0) is 14.4 Å². The number of rotatable bonds is 3. The first-order chi connectivity index (χ1) is 15.1. The zero-order valence-electron chi connectivity index (χ0n) is 16.2. The summed E-state index contributed by atoms with van der Waals surface area (Å²) in [4.78, 5) is 33.7. The van der Waals surface area contributed by atoms with Gasteiger partial charge in [-0.1, -0.05) is 36.4 Å². The van der Waals surface area contributed by atoms with Crippen LogP contribution in [0.5, 0.6) is 0 Å². The Morgan fingerprint density at radius 2 is 1.52 bits per heavy atom. The van der Waals surface area contributed by atoms with Crippen molar-refractivity contribution in [3.05, 3.63) is 95.8 Å². The lowest BCUT2D eigenvalue weighted by molar-refractivity contribution is -0.126. The topological polar surface area (TPSA) is 73.6 Å². The molecular formula is C24H16FN3O3. The smallest absolute Gasteiger partial charge is 0.266 e. The largest absolute Gasteiger partial charge is 0.273 e. The van der Waals surface area contributed by atoms with Crippen molar-refractivity contribution >= 4 is 23.2 Å². The normalized spacial score (nSPS) is 22.5. The fourth-order valence-corrected chi connectivity index (χ4v) is 4.18. The number of halogens is 1. The van der Waals surface area contributed by atoms with Crippen LogP contribution in [-0.4, -0.2) is 17.9 Å². The van der Waals surface area contributed by atoms with E-state index in [4.69, 9.17) is 10.1 Å². The van der Waals surface area contributed by atoms with Gasteiger partial charge in [0, 0.05) is 5.56 Å². The second-order valence-corrected chi connectivity index (χ2v) is 7.35. The molecule has 31 heavy (non-hydrogen) atoms. The maximum absolute atomic E-state index is 14.8. The molecule has 0 bridgehead atoms. The lowest BCUT2D eigenvalue weighted by Crippen LogP contribution is -2.37. The van der Waals surface area contributed by atoms with Gasteiger partial charge >= 0.3 is 0 Å². The molecule has 0 N–H and O–H groups in total. The minimum atomic E-state index is -1.08. The molecule has 0 aromatic heterocycles. The van der Waals surface area contributed by atoms with Crippen molar-refractivity contribution in [2.75, 3.05) is 9.96 Å².